The Hall–Kier alpha value is -3.21. The zero-order chi connectivity index (χ0) is 24.3. The lowest BCUT2D eigenvalue weighted by molar-refractivity contribution is -0.123. The molecule has 2 heterocycles. The molecular formula is C29H35N3O2. The van der Waals surface area contributed by atoms with Gasteiger partial charge in [0.1, 0.15) is 5.69 Å². The summed E-state index contributed by atoms with van der Waals surface area (Å²) < 4.78 is 0. The summed E-state index contributed by atoms with van der Waals surface area (Å²) in [4.78, 5) is 33.6. The minimum atomic E-state index is -0.291. The van der Waals surface area contributed by atoms with Gasteiger partial charge in [-0.25, -0.2) is 0 Å². The van der Waals surface area contributed by atoms with E-state index in [1.54, 1.807) is 6.20 Å². The summed E-state index contributed by atoms with van der Waals surface area (Å²) in [6, 6.07) is 11.6. The molecule has 5 heteroatoms. The van der Waals surface area contributed by atoms with Gasteiger partial charge in [-0.05, 0) is 60.9 Å². The van der Waals surface area contributed by atoms with Crippen LogP contribution in [0.4, 0.5) is 5.69 Å². The number of carbonyl (C=O) groups excluding carboxylic acids is 2. The van der Waals surface area contributed by atoms with Crippen LogP contribution in [0.15, 0.2) is 66.9 Å². The molecular weight excluding hydrogens is 422 g/mol. The Morgan fingerprint density at radius 3 is 2.65 bits per heavy atom. The van der Waals surface area contributed by atoms with Crippen LogP contribution in [0.1, 0.15) is 61.6 Å². The molecule has 4 rings (SSSR count). The molecule has 1 aromatic heterocycles. The van der Waals surface area contributed by atoms with Crippen LogP contribution in [-0.4, -0.2) is 34.3 Å². The number of piperidine rings is 1. The molecule has 1 aliphatic heterocycles. The fourth-order valence-electron chi connectivity index (χ4n) is 5.07. The van der Waals surface area contributed by atoms with Gasteiger partial charge < -0.3 is 10.2 Å². The van der Waals surface area contributed by atoms with Crippen molar-refractivity contribution in [1.82, 2.24) is 9.88 Å². The predicted molar refractivity (Wildman–Crippen MR) is 137 cm³/mol. The normalized spacial score (nSPS) is 22.5. The van der Waals surface area contributed by atoms with Crippen molar-refractivity contribution >= 4 is 17.5 Å². The highest BCUT2D eigenvalue weighted by Crippen LogP contribution is 2.35. The maximum Gasteiger partial charge on any atom is 0.273 e. The first-order valence-corrected chi connectivity index (χ1v) is 12.2. The van der Waals surface area contributed by atoms with Crippen molar-refractivity contribution in [3.8, 4) is 0 Å². The number of aromatic nitrogens is 1. The zero-order valence-corrected chi connectivity index (χ0v) is 20.6. The van der Waals surface area contributed by atoms with Crippen LogP contribution in [0.3, 0.4) is 0 Å². The quantitative estimate of drug-likeness (QED) is 0.643. The van der Waals surface area contributed by atoms with E-state index >= 15 is 0 Å². The highest BCUT2D eigenvalue weighted by atomic mass is 16.2. The minimum Gasteiger partial charge on any atom is -0.333 e. The molecule has 5 nitrogen and oxygen atoms in total. The van der Waals surface area contributed by atoms with Crippen molar-refractivity contribution in [2.24, 2.45) is 11.8 Å². The number of anilines is 1. The van der Waals surface area contributed by atoms with Crippen LogP contribution in [0, 0.1) is 18.8 Å². The first-order valence-electron chi connectivity index (χ1n) is 12.2. The standard InChI is InChI=1S/C29H35N3O2/c1-20-11-9-17-30-25(20)28(34)32-18-10-16-24(26(32)21-12-6-5-7-13-21)27(33)31-23-15-8-14-22(19-23)29(2,3)4/h5-9,11-12,14-15,17,19,21,24,26H,10,13,16,18H2,1-4H3,(H,31,33)/t21?,24?,26-/m0/s1. The predicted octanol–water partition coefficient (Wildman–Crippen LogP) is 5.68. The van der Waals surface area contributed by atoms with Crippen molar-refractivity contribution in [2.75, 3.05) is 11.9 Å². The Kier molecular flexibility index (Phi) is 7.01. The van der Waals surface area contributed by atoms with E-state index in [4.69, 9.17) is 0 Å². The van der Waals surface area contributed by atoms with E-state index in [2.05, 4.69) is 55.4 Å². The minimum absolute atomic E-state index is 0.00288. The Morgan fingerprint density at radius 2 is 1.94 bits per heavy atom. The van der Waals surface area contributed by atoms with Gasteiger partial charge in [0, 0.05) is 24.3 Å². The number of amides is 2. The zero-order valence-electron chi connectivity index (χ0n) is 20.6. The monoisotopic (exact) mass is 457 g/mol. The van der Waals surface area contributed by atoms with Crippen molar-refractivity contribution in [2.45, 2.75) is 58.4 Å². The summed E-state index contributed by atoms with van der Waals surface area (Å²) in [6.07, 6.45) is 12.3. The van der Waals surface area contributed by atoms with E-state index in [1.807, 2.05) is 48.2 Å². The molecule has 0 radical (unpaired) electrons. The molecule has 1 saturated heterocycles. The smallest absolute Gasteiger partial charge is 0.273 e. The third-order valence-corrected chi connectivity index (χ3v) is 6.94. The van der Waals surface area contributed by atoms with Crippen LogP contribution in [0.25, 0.3) is 0 Å². The van der Waals surface area contributed by atoms with Gasteiger partial charge in [0.2, 0.25) is 5.91 Å². The lowest BCUT2D eigenvalue weighted by Crippen LogP contribution is -2.55. The summed E-state index contributed by atoms with van der Waals surface area (Å²) in [6.45, 7) is 9.04. The highest BCUT2D eigenvalue weighted by molar-refractivity contribution is 5.96. The van der Waals surface area contributed by atoms with E-state index in [-0.39, 0.29) is 35.1 Å². The summed E-state index contributed by atoms with van der Waals surface area (Å²) in [5.41, 5.74) is 3.31. The SMILES string of the molecule is Cc1cccnc1C(=O)N1CCCC(C(=O)Nc2cccc(C(C)(C)C)c2)[C@@H]1C1C=CC=CC1. The number of hydrogen-bond acceptors (Lipinski definition) is 3. The van der Waals surface area contributed by atoms with Gasteiger partial charge in [-0.15, -0.1) is 0 Å². The van der Waals surface area contributed by atoms with E-state index in [1.165, 1.54) is 5.56 Å². The Morgan fingerprint density at radius 1 is 1.12 bits per heavy atom. The first kappa shape index (κ1) is 23.9. The molecule has 0 bridgehead atoms. The van der Waals surface area contributed by atoms with Gasteiger partial charge in [0.15, 0.2) is 0 Å². The molecule has 2 unspecified atom stereocenters. The molecule has 2 amide bonds. The summed E-state index contributed by atoms with van der Waals surface area (Å²) in [7, 11) is 0. The second kappa shape index (κ2) is 9.96. The Balaban J connectivity index is 1.63. The molecule has 1 aromatic carbocycles. The van der Waals surface area contributed by atoms with Crippen LogP contribution in [0.2, 0.25) is 0 Å². The number of hydrogen-bond donors (Lipinski definition) is 1. The lowest BCUT2D eigenvalue weighted by atomic mass is 9.77. The number of pyridine rings is 1. The molecule has 1 aliphatic carbocycles. The van der Waals surface area contributed by atoms with Gasteiger partial charge in [0.05, 0.1) is 12.0 Å². The first-order chi connectivity index (χ1) is 16.3. The fraction of sp³-hybridized carbons (Fsp3) is 0.414. The highest BCUT2D eigenvalue weighted by Gasteiger charge is 2.42. The summed E-state index contributed by atoms with van der Waals surface area (Å²) in [5, 5.41) is 3.17. The molecule has 1 N–H and O–H groups in total. The van der Waals surface area contributed by atoms with Crippen LogP contribution in [0.5, 0.6) is 0 Å². The Bertz CT molecular complexity index is 1110. The molecule has 2 aromatic rings. The second-order valence-electron chi connectivity index (χ2n) is 10.4. The number of carbonyl (C=O) groups is 2. The number of nitrogens with one attached hydrogen (secondary N) is 1. The second-order valence-corrected chi connectivity index (χ2v) is 10.4. The van der Waals surface area contributed by atoms with Gasteiger partial charge >= 0.3 is 0 Å². The third-order valence-electron chi connectivity index (χ3n) is 6.94. The van der Waals surface area contributed by atoms with Gasteiger partial charge in [-0.1, -0.05) is 63.3 Å². The van der Waals surface area contributed by atoms with Crippen LogP contribution in [-0.2, 0) is 10.2 Å². The van der Waals surface area contributed by atoms with Gasteiger partial charge in [-0.2, -0.15) is 0 Å². The van der Waals surface area contributed by atoms with Crippen LogP contribution < -0.4 is 5.32 Å². The van der Waals surface area contributed by atoms with Crippen molar-refractivity contribution < 1.29 is 9.59 Å². The number of aryl methyl sites for hydroxylation is 1. The molecule has 34 heavy (non-hydrogen) atoms. The molecule has 178 valence electrons. The molecule has 3 atom stereocenters. The van der Waals surface area contributed by atoms with Crippen molar-refractivity contribution in [3.05, 3.63) is 83.7 Å². The molecule has 0 spiro atoms. The van der Waals surface area contributed by atoms with Gasteiger partial charge in [-0.3, -0.25) is 14.6 Å². The fourth-order valence-corrected chi connectivity index (χ4v) is 5.07. The number of nitrogens with zero attached hydrogens (tertiary/aromatic N) is 2. The third kappa shape index (κ3) is 5.14. The van der Waals surface area contributed by atoms with Crippen molar-refractivity contribution in [1.29, 1.82) is 0 Å². The Labute approximate surface area is 203 Å². The average molecular weight is 458 g/mol. The molecule has 1 fully saturated rings. The lowest BCUT2D eigenvalue weighted by Gasteiger charge is -2.44. The maximum absolute atomic E-state index is 13.6. The summed E-state index contributed by atoms with van der Waals surface area (Å²) in [5.74, 6) is -0.302. The molecule has 2 aliphatic rings. The van der Waals surface area contributed by atoms with Gasteiger partial charge in [0.25, 0.3) is 5.91 Å². The topological polar surface area (TPSA) is 62.3 Å². The van der Waals surface area contributed by atoms with E-state index in [0.717, 1.165) is 30.5 Å². The largest absolute Gasteiger partial charge is 0.333 e. The number of likely N-dealkylation sites (tertiary alicyclic amines) is 1. The van der Waals surface area contributed by atoms with E-state index in [0.29, 0.717) is 12.2 Å². The van der Waals surface area contributed by atoms with Crippen molar-refractivity contribution in [3.63, 3.8) is 0 Å². The number of benzene rings is 1. The van der Waals surface area contributed by atoms with E-state index in [9.17, 15) is 9.59 Å². The number of allylic oxidation sites excluding steroid dienone is 3. The molecule has 0 saturated carbocycles. The number of rotatable bonds is 4. The average Bonchev–Trinajstić information content (AvgIpc) is 2.83. The van der Waals surface area contributed by atoms with E-state index < -0.39 is 0 Å². The van der Waals surface area contributed by atoms with Crippen LogP contribution >= 0.6 is 0 Å². The maximum atomic E-state index is 13.6. The summed E-state index contributed by atoms with van der Waals surface area (Å²) >= 11 is 0.